The van der Waals surface area contributed by atoms with E-state index in [-0.39, 0.29) is 21.0 Å². The molecule has 0 aromatic heterocycles. The lowest BCUT2D eigenvalue weighted by atomic mass is 10.1. The van der Waals surface area contributed by atoms with E-state index in [4.69, 9.17) is 17.3 Å². The first-order valence-corrected chi connectivity index (χ1v) is 12.9. The van der Waals surface area contributed by atoms with E-state index in [0.717, 1.165) is 50.9 Å². The molecule has 0 aliphatic carbocycles. The second-order valence-corrected chi connectivity index (χ2v) is 10.7. The Bertz CT molecular complexity index is 1170. The zero-order chi connectivity index (χ0) is 23.6. The summed E-state index contributed by atoms with van der Waals surface area (Å²) >= 11 is 6.21. The number of piperidine rings is 1. The Balaban J connectivity index is 1.65. The highest BCUT2D eigenvalue weighted by atomic mass is 35.5. The van der Waals surface area contributed by atoms with Gasteiger partial charge >= 0.3 is 0 Å². The molecule has 2 heterocycles. The second kappa shape index (κ2) is 9.70. The van der Waals surface area contributed by atoms with Crippen LogP contribution in [0.3, 0.4) is 0 Å². The van der Waals surface area contributed by atoms with Crippen LogP contribution >= 0.6 is 11.6 Å². The summed E-state index contributed by atoms with van der Waals surface area (Å²) in [6, 6.07) is 9.20. The number of nitrogens with two attached hydrogens (primary N) is 1. The van der Waals surface area contributed by atoms with Gasteiger partial charge in [0.2, 0.25) is 15.9 Å². The highest BCUT2D eigenvalue weighted by molar-refractivity contribution is 7.89. The van der Waals surface area contributed by atoms with Crippen LogP contribution in [0.2, 0.25) is 5.02 Å². The average molecular weight is 491 g/mol. The van der Waals surface area contributed by atoms with Crippen LogP contribution in [0, 0.1) is 0 Å². The number of rotatable bonds is 6. The van der Waals surface area contributed by atoms with Crippen LogP contribution in [0.4, 0.5) is 11.4 Å². The summed E-state index contributed by atoms with van der Waals surface area (Å²) in [5.41, 5.74) is 7.14. The van der Waals surface area contributed by atoms with Gasteiger partial charge in [-0.3, -0.25) is 9.59 Å². The Kier molecular flexibility index (Phi) is 6.92. The first kappa shape index (κ1) is 23.5. The molecule has 0 radical (unpaired) electrons. The Hall–Kier alpha value is -2.62. The van der Waals surface area contributed by atoms with Crippen LogP contribution < -0.4 is 16.0 Å². The maximum atomic E-state index is 13.1. The quantitative estimate of drug-likeness (QED) is 0.643. The summed E-state index contributed by atoms with van der Waals surface area (Å²) in [6.45, 7) is 2.57. The van der Waals surface area contributed by atoms with Crippen LogP contribution in [0.5, 0.6) is 0 Å². The molecular formula is C23H27ClN4O4S. The van der Waals surface area contributed by atoms with Crippen molar-refractivity contribution in [3.63, 3.8) is 0 Å². The minimum Gasteiger partial charge on any atom is -0.370 e. The lowest BCUT2D eigenvalue weighted by Crippen LogP contribution is -2.30. The molecule has 4 rings (SSSR count). The lowest BCUT2D eigenvalue weighted by Gasteiger charge is -2.30. The molecule has 3 N–H and O–H groups in total. The summed E-state index contributed by atoms with van der Waals surface area (Å²) in [4.78, 5) is 26.9. The van der Waals surface area contributed by atoms with Gasteiger partial charge < -0.3 is 16.0 Å². The first-order valence-electron chi connectivity index (χ1n) is 11.1. The largest absolute Gasteiger partial charge is 0.370 e. The molecule has 176 valence electrons. The van der Waals surface area contributed by atoms with Gasteiger partial charge in [0, 0.05) is 37.3 Å². The number of hydrogen-bond acceptors (Lipinski definition) is 5. The van der Waals surface area contributed by atoms with Crippen LogP contribution in [-0.2, 0) is 10.0 Å². The van der Waals surface area contributed by atoms with Gasteiger partial charge in [-0.25, -0.2) is 8.42 Å². The van der Waals surface area contributed by atoms with E-state index in [2.05, 4.69) is 10.2 Å². The van der Waals surface area contributed by atoms with Crippen LogP contribution in [0.25, 0.3) is 0 Å². The van der Waals surface area contributed by atoms with E-state index in [1.807, 2.05) is 0 Å². The van der Waals surface area contributed by atoms with Crippen molar-refractivity contribution in [2.24, 2.45) is 5.73 Å². The molecule has 2 saturated heterocycles. The summed E-state index contributed by atoms with van der Waals surface area (Å²) in [5, 5.41) is 2.92. The number of nitrogens with zero attached hydrogens (tertiary/aromatic N) is 2. The van der Waals surface area contributed by atoms with E-state index in [1.54, 1.807) is 18.2 Å². The number of halogens is 1. The highest BCUT2D eigenvalue weighted by Gasteiger charge is 2.30. The number of nitrogens with one attached hydrogen (secondary N) is 1. The Morgan fingerprint density at radius 3 is 2.18 bits per heavy atom. The van der Waals surface area contributed by atoms with Crippen molar-refractivity contribution >= 4 is 44.8 Å². The van der Waals surface area contributed by atoms with Gasteiger partial charge in [0.1, 0.15) is 4.90 Å². The molecule has 8 nitrogen and oxygen atoms in total. The second-order valence-electron chi connectivity index (χ2n) is 8.35. The third-order valence-electron chi connectivity index (χ3n) is 6.10. The van der Waals surface area contributed by atoms with Crippen molar-refractivity contribution in [3.05, 3.63) is 52.5 Å². The zero-order valence-electron chi connectivity index (χ0n) is 18.2. The maximum Gasteiger partial charge on any atom is 0.255 e. The third kappa shape index (κ3) is 5.00. The highest BCUT2D eigenvalue weighted by Crippen LogP contribution is 2.32. The fraction of sp³-hybridized carbons (Fsp3) is 0.391. The molecule has 0 unspecified atom stereocenters. The van der Waals surface area contributed by atoms with Gasteiger partial charge in [-0.05, 0) is 68.5 Å². The minimum atomic E-state index is -3.79. The van der Waals surface area contributed by atoms with E-state index in [1.165, 1.54) is 22.5 Å². The van der Waals surface area contributed by atoms with Gasteiger partial charge in [0.05, 0.1) is 16.4 Å². The molecule has 0 atom stereocenters. The van der Waals surface area contributed by atoms with Crippen molar-refractivity contribution in [2.45, 2.75) is 37.0 Å². The van der Waals surface area contributed by atoms with Gasteiger partial charge in [-0.15, -0.1) is 0 Å². The number of primary amides is 1. The maximum absolute atomic E-state index is 13.1. The van der Waals surface area contributed by atoms with Gasteiger partial charge in [0.15, 0.2) is 0 Å². The summed E-state index contributed by atoms with van der Waals surface area (Å²) in [6.07, 6.45) is 4.83. The molecule has 0 saturated carbocycles. The fourth-order valence-corrected chi connectivity index (χ4v) is 6.32. The molecule has 2 aromatic carbocycles. The average Bonchev–Trinajstić information content (AvgIpc) is 3.36. The number of sulfonamides is 1. The van der Waals surface area contributed by atoms with Gasteiger partial charge in [-0.1, -0.05) is 11.6 Å². The van der Waals surface area contributed by atoms with Crippen LogP contribution in [0.15, 0.2) is 41.3 Å². The SMILES string of the molecule is NC(=O)c1ccc(N2CCCCC2)c(NC(=O)c2ccc(Cl)c(S(=O)(=O)N3CCCC3)c2)c1. The number of carbonyl (C=O) groups excluding carboxylic acids is 2. The standard InChI is InChI=1S/C23H27ClN4O4S/c24-18-8-6-17(15-21(18)33(31,32)28-12-4-5-13-28)23(30)26-19-14-16(22(25)29)7-9-20(19)27-10-2-1-3-11-27/h6-9,14-15H,1-5,10-13H2,(H2,25,29)(H,26,30). The molecule has 2 aromatic rings. The molecule has 2 fully saturated rings. The number of anilines is 2. The van der Waals surface area contributed by atoms with Crippen molar-refractivity contribution in [1.29, 1.82) is 0 Å². The topological polar surface area (TPSA) is 113 Å². The molecule has 10 heteroatoms. The number of hydrogen-bond donors (Lipinski definition) is 2. The molecule has 2 amide bonds. The summed E-state index contributed by atoms with van der Waals surface area (Å²) in [5.74, 6) is -1.09. The molecule has 0 spiro atoms. The smallest absolute Gasteiger partial charge is 0.255 e. The number of benzene rings is 2. The molecule has 2 aliphatic heterocycles. The van der Waals surface area contributed by atoms with E-state index in [9.17, 15) is 18.0 Å². The molecule has 33 heavy (non-hydrogen) atoms. The van der Waals surface area contributed by atoms with Crippen LogP contribution in [0.1, 0.15) is 52.8 Å². The number of carbonyl (C=O) groups is 2. The van der Waals surface area contributed by atoms with Crippen LogP contribution in [-0.4, -0.2) is 50.7 Å². The van der Waals surface area contributed by atoms with Crippen molar-refractivity contribution in [1.82, 2.24) is 4.31 Å². The van der Waals surface area contributed by atoms with Crippen molar-refractivity contribution in [3.8, 4) is 0 Å². The Labute approximate surface area is 198 Å². The first-order chi connectivity index (χ1) is 15.8. The molecule has 0 bridgehead atoms. The zero-order valence-corrected chi connectivity index (χ0v) is 19.8. The monoisotopic (exact) mass is 490 g/mol. The summed E-state index contributed by atoms with van der Waals surface area (Å²) < 4.78 is 27.4. The molecular weight excluding hydrogens is 464 g/mol. The van der Waals surface area contributed by atoms with Gasteiger partial charge in [-0.2, -0.15) is 4.31 Å². The summed E-state index contributed by atoms with van der Waals surface area (Å²) in [7, 11) is -3.79. The minimum absolute atomic E-state index is 0.0724. The Morgan fingerprint density at radius 1 is 0.879 bits per heavy atom. The van der Waals surface area contributed by atoms with Crippen molar-refractivity contribution < 1.29 is 18.0 Å². The van der Waals surface area contributed by atoms with E-state index in [0.29, 0.717) is 18.8 Å². The van der Waals surface area contributed by atoms with E-state index < -0.39 is 21.8 Å². The predicted molar refractivity (Wildman–Crippen MR) is 128 cm³/mol. The predicted octanol–water partition coefficient (Wildman–Crippen LogP) is 3.47. The van der Waals surface area contributed by atoms with Gasteiger partial charge in [0.25, 0.3) is 5.91 Å². The molecule has 2 aliphatic rings. The number of amides is 2. The van der Waals surface area contributed by atoms with E-state index >= 15 is 0 Å². The lowest BCUT2D eigenvalue weighted by molar-refractivity contribution is 0.0996. The third-order valence-corrected chi connectivity index (χ3v) is 8.48. The van der Waals surface area contributed by atoms with Crippen molar-refractivity contribution in [2.75, 3.05) is 36.4 Å². The normalized spacial score (nSPS) is 17.2. The fourth-order valence-electron chi connectivity index (χ4n) is 4.30. The Morgan fingerprint density at radius 2 is 1.52 bits per heavy atom.